The second-order valence-corrected chi connectivity index (χ2v) is 6.01. The van der Waals surface area contributed by atoms with Crippen LogP contribution in [0.5, 0.6) is 0 Å². The van der Waals surface area contributed by atoms with Crippen LogP contribution >= 0.6 is 27.3 Å². The Labute approximate surface area is 129 Å². The number of hydrogen-bond donors (Lipinski definition) is 1. The van der Waals surface area contributed by atoms with E-state index in [1.54, 1.807) is 11.3 Å². The summed E-state index contributed by atoms with van der Waals surface area (Å²) in [4.78, 5) is 5.40. The third-order valence-electron chi connectivity index (χ3n) is 2.70. The number of nitrogens with zero attached hydrogens (tertiary/aromatic N) is 2. The van der Waals surface area contributed by atoms with Crippen LogP contribution in [0.3, 0.4) is 0 Å². The molecule has 6 heteroatoms. The molecule has 0 atom stereocenters. The van der Waals surface area contributed by atoms with Crippen LogP contribution in [0, 0.1) is 0 Å². The zero-order chi connectivity index (χ0) is 13.8. The second kappa shape index (κ2) is 6.19. The maximum atomic E-state index is 5.26. The summed E-state index contributed by atoms with van der Waals surface area (Å²) in [5, 5.41) is 9.32. The predicted octanol–water partition coefficient (Wildman–Crippen LogP) is 4.22. The molecule has 102 valence electrons. The van der Waals surface area contributed by atoms with Gasteiger partial charge in [-0.1, -0.05) is 23.4 Å². The molecule has 0 saturated heterocycles. The van der Waals surface area contributed by atoms with Crippen LogP contribution in [0.25, 0.3) is 10.7 Å². The fourth-order valence-electron chi connectivity index (χ4n) is 1.76. The lowest BCUT2D eigenvalue weighted by molar-refractivity contribution is 0.381. The van der Waals surface area contributed by atoms with Crippen LogP contribution in [0.1, 0.15) is 5.89 Å². The number of halogens is 1. The van der Waals surface area contributed by atoms with E-state index in [4.69, 9.17) is 4.52 Å². The maximum Gasteiger partial charge on any atom is 0.228 e. The minimum absolute atomic E-state index is 0.646. The molecule has 0 saturated carbocycles. The first-order valence-electron chi connectivity index (χ1n) is 6.17. The van der Waals surface area contributed by atoms with E-state index in [0.29, 0.717) is 18.1 Å². The summed E-state index contributed by atoms with van der Waals surface area (Å²) >= 11 is 5.01. The summed E-state index contributed by atoms with van der Waals surface area (Å²) in [5.74, 6) is 1.29. The van der Waals surface area contributed by atoms with Gasteiger partial charge in [-0.2, -0.15) is 4.98 Å². The monoisotopic (exact) mass is 349 g/mol. The molecule has 0 aliphatic carbocycles. The van der Waals surface area contributed by atoms with Crippen LogP contribution < -0.4 is 5.32 Å². The van der Waals surface area contributed by atoms with Gasteiger partial charge < -0.3 is 9.84 Å². The second-order valence-electron chi connectivity index (χ2n) is 4.18. The third kappa shape index (κ3) is 3.26. The Morgan fingerprint density at radius 1 is 1.25 bits per heavy atom. The van der Waals surface area contributed by atoms with Gasteiger partial charge in [0.15, 0.2) is 0 Å². The summed E-state index contributed by atoms with van der Waals surface area (Å²) < 4.78 is 6.29. The largest absolute Gasteiger partial charge is 0.385 e. The molecule has 0 radical (unpaired) electrons. The van der Waals surface area contributed by atoms with Crippen LogP contribution in [0.4, 0.5) is 5.69 Å². The van der Waals surface area contributed by atoms with Gasteiger partial charge in [-0.05, 0) is 34.1 Å². The zero-order valence-corrected chi connectivity index (χ0v) is 12.9. The SMILES string of the molecule is Brc1csc(-c2noc(CCNc3ccccc3)n2)c1. The average molecular weight is 350 g/mol. The molecule has 0 bridgehead atoms. The maximum absolute atomic E-state index is 5.26. The summed E-state index contributed by atoms with van der Waals surface area (Å²) in [7, 11) is 0. The highest BCUT2D eigenvalue weighted by atomic mass is 79.9. The van der Waals surface area contributed by atoms with Gasteiger partial charge in [-0.3, -0.25) is 0 Å². The molecule has 0 unspecified atom stereocenters. The lowest BCUT2D eigenvalue weighted by atomic mass is 10.3. The highest BCUT2D eigenvalue weighted by Crippen LogP contribution is 2.27. The Balaban J connectivity index is 1.58. The number of aromatic nitrogens is 2. The van der Waals surface area contributed by atoms with E-state index in [1.807, 2.05) is 41.8 Å². The van der Waals surface area contributed by atoms with Gasteiger partial charge in [-0.15, -0.1) is 11.3 Å². The first-order chi connectivity index (χ1) is 9.81. The van der Waals surface area contributed by atoms with E-state index in [2.05, 4.69) is 31.4 Å². The van der Waals surface area contributed by atoms with Gasteiger partial charge in [0.1, 0.15) is 0 Å². The number of anilines is 1. The molecule has 3 aromatic rings. The van der Waals surface area contributed by atoms with Crippen molar-refractivity contribution < 1.29 is 4.52 Å². The third-order valence-corrected chi connectivity index (χ3v) is 4.38. The van der Waals surface area contributed by atoms with Crippen molar-refractivity contribution in [2.45, 2.75) is 6.42 Å². The average Bonchev–Trinajstić information content (AvgIpc) is 3.09. The molecule has 1 N–H and O–H groups in total. The van der Waals surface area contributed by atoms with Gasteiger partial charge in [-0.25, -0.2) is 0 Å². The molecule has 3 rings (SSSR count). The van der Waals surface area contributed by atoms with Crippen LogP contribution in [0.2, 0.25) is 0 Å². The van der Waals surface area contributed by atoms with Crippen molar-refractivity contribution in [2.24, 2.45) is 0 Å². The van der Waals surface area contributed by atoms with E-state index in [-0.39, 0.29) is 0 Å². The fraction of sp³-hybridized carbons (Fsp3) is 0.143. The molecule has 0 fully saturated rings. The van der Waals surface area contributed by atoms with Crippen molar-refractivity contribution in [3.05, 3.63) is 52.1 Å². The Hall–Kier alpha value is -1.66. The molecular weight excluding hydrogens is 338 g/mol. The molecule has 0 amide bonds. The Kier molecular flexibility index (Phi) is 4.13. The van der Waals surface area contributed by atoms with Crippen LogP contribution in [-0.4, -0.2) is 16.7 Å². The zero-order valence-electron chi connectivity index (χ0n) is 10.5. The fourth-order valence-corrected chi connectivity index (χ4v) is 3.11. The van der Waals surface area contributed by atoms with Gasteiger partial charge in [0.2, 0.25) is 11.7 Å². The summed E-state index contributed by atoms with van der Waals surface area (Å²) in [5.41, 5.74) is 1.09. The molecule has 2 aromatic heterocycles. The predicted molar refractivity (Wildman–Crippen MR) is 83.9 cm³/mol. The lowest BCUT2D eigenvalue weighted by Gasteiger charge is -2.02. The topological polar surface area (TPSA) is 51.0 Å². The highest BCUT2D eigenvalue weighted by Gasteiger charge is 2.10. The lowest BCUT2D eigenvalue weighted by Crippen LogP contribution is -2.04. The van der Waals surface area contributed by atoms with E-state index in [1.165, 1.54) is 0 Å². The summed E-state index contributed by atoms with van der Waals surface area (Å²) in [6.45, 7) is 0.764. The number of hydrogen-bond acceptors (Lipinski definition) is 5. The molecular formula is C14H12BrN3OS. The Morgan fingerprint density at radius 3 is 2.85 bits per heavy atom. The minimum Gasteiger partial charge on any atom is -0.385 e. The highest BCUT2D eigenvalue weighted by molar-refractivity contribution is 9.10. The molecule has 1 aromatic carbocycles. The van der Waals surface area contributed by atoms with Crippen molar-refractivity contribution in [3.63, 3.8) is 0 Å². The standard InChI is InChI=1S/C14H12BrN3OS/c15-10-8-12(20-9-10)14-17-13(19-18-14)6-7-16-11-4-2-1-3-5-11/h1-5,8-9,16H,6-7H2. The first-order valence-corrected chi connectivity index (χ1v) is 7.84. The number of thiophene rings is 1. The van der Waals surface area contributed by atoms with Crippen LogP contribution in [-0.2, 0) is 6.42 Å². The van der Waals surface area contributed by atoms with Crippen molar-refractivity contribution in [3.8, 4) is 10.7 Å². The quantitative estimate of drug-likeness (QED) is 0.749. The van der Waals surface area contributed by atoms with E-state index in [9.17, 15) is 0 Å². The van der Waals surface area contributed by atoms with E-state index in [0.717, 1.165) is 21.6 Å². The van der Waals surface area contributed by atoms with Crippen molar-refractivity contribution in [2.75, 3.05) is 11.9 Å². The van der Waals surface area contributed by atoms with Crippen molar-refractivity contribution in [1.82, 2.24) is 10.1 Å². The van der Waals surface area contributed by atoms with Gasteiger partial charge >= 0.3 is 0 Å². The molecule has 0 spiro atoms. The minimum atomic E-state index is 0.646. The molecule has 4 nitrogen and oxygen atoms in total. The normalized spacial score (nSPS) is 10.7. The molecule has 0 aliphatic rings. The summed E-state index contributed by atoms with van der Waals surface area (Å²) in [6.07, 6.45) is 0.703. The van der Waals surface area contributed by atoms with E-state index >= 15 is 0 Å². The number of benzene rings is 1. The van der Waals surface area contributed by atoms with E-state index < -0.39 is 0 Å². The number of rotatable bonds is 5. The van der Waals surface area contributed by atoms with Crippen molar-refractivity contribution in [1.29, 1.82) is 0 Å². The van der Waals surface area contributed by atoms with Gasteiger partial charge in [0.25, 0.3) is 0 Å². The van der Waals surface area contributed by atoms with Crippen molar-refractivity contribution >= 4 is 33.0 Å². The van der Waals surface area contributed by atoms with Gasteiger partial charge in [0, 0.05) is 28.5 Å². The molecule has 2 heterocycles. The smallest absolute Gasteiger partial charge is 0.228 e. The summed E-state index contributed by atoms with van der Waals surface area (Å²) in [6, 6.07) is 12.0. The van der Waals surface area contributed by atoms with Crippen LogP contribution in [0.15, 0.2) is 50.8 Å². The first kappa shape index (κ1) is 13.3. The molecule has 0 aliphatic heterocycles. The molecule has 20 heavy (non-hydrogen) atoms. The Bertz CT molecular complexity index is 681. The van der Waals surface area contributed by atoms with Gasteiger partial charge in [0.05, 0.1) is 4.88 Å². The number of para-hydroxylation sites is 1. The number of nitrogens with one attached hydrogen (secondary N) is 1. The Morgan fingerprint density at radius 2 is 2.10 bits per heavy atom.